The first-order valence-electron chi connectivity index (χ1n) is 7.02. The maximum Gasteiger partial charge on any atom is 0.0702 e. The Morgan fingerprint density at radius 2 is 2.12 bits per heavy atom. The molecule has 0 amide bonds. The minimum Gasteiger partial charge on any atom is -0.377 e. The summed E-state index contributed by atoms with van der Waals surface area (Å²) in [6, 6.07) is 1.57. The molecular formula is C13H24N2O. The van der Waals surface area contributed by atoms with E-state index >= 15 is 0 Å². The third kappa shape index (κ3) is 2.27. The SMILES string of the molecule is C1COC(CN2CCCC2C2CCCN2)C1. The van der Waals surface area contributed by atoms with E-state index in [9.17, 15) is 0 Å². The normalized spacial score (nSPS) is 40.9. The first kappa shape index (κ1) is 11.0. The number of hydrogen-bond donors (Lipinski definition) is 1. The highest BCUT2D eigenvalue weighted by Gasteiger charge is 2.34. The van der Waals surface area contributed by atoms with Crippen molar-refractivity contribution in [2.75, 3.05) is 26.2 Å². The lowest BCUT2D eigenvalue weighted by molar-refractivity contribution is 0.0640. The predicted octanol–water partition coefficient (Wildman–Crippen LogP) is 1.38. The molecule has 0 aromatic heterocycles. The van der Waals surface area contributed by atoms with Crippen molar-refractivity contribution in [1.29, 1.82) is 0 Å². The van der Waals surface area contributed by atoms with Gasteiger partial charge in [0, 0.05) is 25.2 Å². The second-order valence-corrected chi connectivity index (χ2v) is 5.54. The second kappa shape index (κ2) is 5.03. The molecule has 3 unspecified atom stereocenters. The third-order valence-electron chi connectivity index (χ3n) is 4.44. The van der Waals surface area contributed by atoms with Crippen LogP contribution < -0.4 is 5.32 Å². The van der Waals surface area contributed by atoms with Crippen LogP contribution in [-0.4, -0.2) is 49.3 Å². The maximum absolute atomic E-state index is 5.76. The highest BCUT2D eigenvalue weighted by atomic mass is 16.5. The number of nitrogens with one attached hydrogen (secondary N) is 1. The van der Waals surface area contributed by atoms with E-state index in [2.05, 4.69) is 10.2 Å². The first-order valence-corrected chi connectivity index (χ1v) is 7.02. The van der Waals surface area contributed by atoms with E-state index in [0.29, 0.717) is 6.10 Å². The van der Waals surface area contributed by atoms with E-state index in [0.717, 1.165) is 18.7 Å². The van der Waals surface area contributed by atoms with Crippen molar-refractivity contribution in [1.82, 2.24) is 10.2 Å². The van der Waals surface area contributed by atoms with Crippen molar-refractivity contribution < 1.29 is 4.74 Å². The third-order valence-corrected chi connectivity index (χ3v) is 4.44. The van der Waals surface area contributed by atoms with Gasteiger partial charge in [0.05, 0.1) is 6.10 Å². The van der Waals surface area contributed by atoms with Gasteiger partial charge in [0.1, 0.15) is 0 Å². The van der Waals surface area contributed by atoms with Crippen molar-refractivity contribution in [3.63, 3.8) is 0 Å². The quantitative estimate of drug-likeness (QED) is 0.784. The van der Waals surface area contributed by atoms with Crippen LogP contribution in [0.2, 0.25) is 0 Å². The second-order valence-electron chi connectivity index (χ2n) is 5.54. The van der Waals surface area contributed by atoms with E-state index in [1.807, 2.05) is 0 Å². The summed E-state index contributed by atoms with van der Waals surface area (Å²) in [5.74, 6) is 0. The van der Waals surface area contributed by atoms with Crippen molar-refractivity contribution in [3.8, 4) is 0 Å². The molecule has 0 aromatic carbocycles. The molecule has 3 heterocycles. The Morgan fingerprint density at radius 3 is 2.88 bits per heavy atom. The van der Waals surface area contributed by atoms with Crippen molar-refractivity contribution in [2.24, 2.45) is 0 Å². The van der Waals surface area contributed by atoms with Crippen LogP contribution >= 0.6 is 0 Å². The molecule has 3 atom stereocenters. The lowest BCUT2D eigenvalue weighted by Gasteiger charge is -2.31. The smallest absolute Gasteiger partial charge is 0.0702 e. The summed E-state index contributed by atoms with van der Waals surface area (Å²) in [6.07, 6.45) is 8.61. The zero-order valence-electron chi connectivity index (χ0n) is 10.2. The largest absolute Gasteiger partial charge is 0.377 e. The van der Waals surface area contributed by atoms with Crippen molar-refractivity contribution >= 4 is 0 Å². The lowest BCUT2D eigenvalue weighted by atomic mass is 10.0. The molecule has 1 N–H and O–H groups in total. The predicted molar refractivity (Wildman–Crippen MR) is 64.6 cm³/mol. The molecule has 3 nitrogen and oxygen atoms in total. The fourth-order valence-corrected chi connectivity index (χ4v) is 3.62. The Bertz CT molecular complexity index is 222. The van der Waals surface area contributed by atoms with Crippen LogP contribution in [-0.2, 0) is 4.74 Å². The Balaban J connectivity index is 1.55. The van der Waals surface area contributed by atoms with Crippen LogP contribution in [0.4, 0.5) is 0 Å². The molecule has 0 saturated carbocycles. The summed E-state index contributed by atoms with van der Waals surface area (Å²) in [7, 11) is 0. The highest BCUT2D eigenvalue weighted by Crippen LogP contribution is 2.26. The van der Waals surface area contributed by atoms with Gasteiger partial charge in [-0.05, 0) is 51.6 Å². The van der Waals surface area contributed by atoms with Gasteiger partial charge in [0.25, 0.3) is 0 Å². The summed E-state index contributed by atoms with van der Waals surface area (Å²) in [5, 5.41) is 3.67. The topological polar surface area (TPSA) is 24.5 Å². The van der Waals surface area contributed by atoms with E-state index in [4.69, 9.17) is 4.74 Å². The average Bonchev–Trinajstić information content (AvgIpc) is 2.98. The van der Waals surface area contributed by atoms with Gasteiger partial charge in [-0.25, -0.2) is 0 Å². The summed E-state index contributed by atoms with van der Waals surface area (Å²) in [5.41, 5.74) is 0. The molecule has 3 aliphatic rings. The Labute approximate surface area is 98.5 Å². The Kier molecular flexibility index (Phi) is 3.46. The molecule has 3 heteroatoms. The molecule has 3 saturated heterocycles. The number of hydrogen-bond acceptors (Lipinski definition) is 3. The highest BCUT2D eigenvalue weighted by molar-refractivity contribution is 4.93. The summed E-state index contributed by atoms with van der Waals surface area (Å²) in [6.45, 7) is 4.70. The van der Waals surface area contributed by atoms with E-state index in [-0.39, 0.29) is 0 Å². The number of rotatable bonds is 3. The van der Waals surface area contributed by atoms with Gasteiger partial charge in [-0.1, -0.05) is 0 Å². The molecule has 16 heavy (non-hydrogen) atoms. The molecular weight excluding hydrogens is 200 g/mol. The van der Waals surface area contributed by atoms with Crippen LogP contribution in [0.15, 0.2) is 0 Å². The van der Waals surface area contributed by atoms with Gasteiger partial charge >= 0.3 is 0 Å². The van der Waals surface area contributed by atoms with Crippen LogP contribution in [0, 0.1) is 0 Å². The van der Waals surface area contributed by atoms with Gasteiger partial charge in [0.15, 0.2) is 0 Å². The molecule has 0 spiro atoms. The summed E-state index contributed by atoms with van der Waals surface area (Å²) in [4.78, 5) is 2.69. The molecule has 0 aromatic rings. The van der Waals surface area contributed by atoms with Crippen molar-refractivity contribution in [2.45, 2.75) is 56.7 Å². The molecule has 3 rings (SSSR count). The molecule has 3 fully saturated rings. The van der Waals surface area contributed by atoms with Crippen LogP contribution in [0.1, 0.15) is 38.5 Å². The minimum atomic E-state index is 0.530. The monoisotopic (exact) mass is 224 g/mol. The maximum atomic E-state index is 5.76. The van der Waals surface area contributed by atoms with Gasteiger partial charge in [-0.3, -0.25) is 4.90 Å². The minimum absolute atomic E-state index is 0.530. The molecule has 92 valence electrons. The van der Waals surface area contributed by atoms with Crippen LogP contribution in [0.25, 0.3) is 0 Å². The average molecular weight is 224 g/mol. The molecule has 0 bridgehead atoms. The number of likely N-dealkylation sites (tertiary alicyclic amines) is 1. The van der Waals surface area contributed by atoms with E-state index < -0.39 is 0 Å². The molecule has 0 radical (unpaired) electrons. The fraction of sp³-hybridized carbons (Fsp3) is 1.00. The zero-order valence-corrected chi connectivity index (χ0v) is 10.2. The zero-order chi connectivity index (χ0) is 10.8. The Hall–Kier alpha value is -0.120. The molecule has 0 aliphatic carbocycles. The van der Waals surface area contributed by atoms with Crippen LogP contribution in [0.3, 0.4) is 0 Å². The number of nitrogens with zero attached hydrogens (tertiary/aromatic N) is 1. The van der Waals surface area contributed by atoms with E-state index in [1.165, 1.54) is 58.2 Å². The standard InChI is InChI=1S/C13H24N2O/c1-5-12(14-7-1)13-6-2-8-15(13)10-11-4-3-9-16-11/h11-14H,1-10H2. The summed E-state index contributed by atoms with van der Waals surface area (Å²) >= 11 is 0. The van der Waals surface area contributed by atoms with E-state index in [1.54, 1.807) is 0 Å². The van der Waals surface area contributed by atoms with Crippen LogP contribution in [0.5, 0.6) is 0 Å². The first-order chi connectivity index (χ1) is 7.93. The Morgan fingerprint density at radius 1 is 1.12 bits per heavy atom. The van der Waals surface area contributed by atoms with Gasteiger partial charge in [0.2, 0.25) is 0 Å². The van der Waals surface area contributed by atoms with Gasteiger partial charge < -0.3 is 10.1 Å². The summed E-state index contributed by atoms with van der Waals surface area (Å²) < 4.78 is 5.76. The lowest BCUT2D eigenvalue weighted by Crippen LogP contribution is -2.46. The fourth-order valence-electron chi connectivity index (χ4n) is 3.62. The van der Waals surface area contributed by atoms with Gasteiger partial charge in [-0.2, -0.15) is 0 Å². The van der Waals surface area contributed by atoms with Crippen molar-refractivity contribution in [3.05, 3.63) is 0 Å². The van der Waals surface area contributed by atoms with Gasteiger partial charge in [-0.15, -0.1) is 0 Å². The number of ether oxygens (including phenoxy) is 1. The molecule has 3 aliphatic heterocycles.